The molecule has 9 aromatic rings. The summed E-state index contributed by atoms with van der Waals surface area (Å²) in [6.45, 7) is 0. The van der Waals surface area contributed by atoms with E-state index in [0.29, 0.717) is 0 Å². The quantitative estimate of drug-likeness (QED) is 0.175. The normalized spacial score (nSPS) is 14.6. The van der Waals surface area contributed by atoms with Crippen LogP contribution in [0, 0.1) is 0 Å². The molecule has 0 radical (unpaired) electrons. The summed E-state index contributed by atoms with van der Waals surface area (Å²) in [5, 5.41) is 4.88. The first kappa shape index (κ1) is 29.7. The summed E-state index contributed by atoms with van der Waals surface area (Å²) in [5.41, 5.74) is 11.4. The molecule has 1 aliphatic rings. The summed E-state index contributed by atoms with van der Waals surface area (Å²) >= 11 is 1.86. The van der Waals surface area contributed by atoms with Crippen molar-refractivity contribution in [3.63, 3.8) is 0 Å². The summed E-state index contributed by atoms with van der Waals surface area (Å²) in [6, 6.07) is 61.0. The summed E-state index contributed by atoms with van der Waals surface area (Å²) in [6.07, 6.45) is 5.75. The maximum atomic E-state index is 6.93. The van der Waals surface area contributed by atoms with Crippen molar-refractivity contribution in [1.29, 1.82) is 0 Å². The molecule has 1 unspecified atom stereocenters. The van der Waals surface area contributed by atoms with Gasteiger partial charge in [0.15, 0.2) is 5.58 Å². The monoisotopic (exact) mass is 671 g/mol. The van der Waals surface area contributed by atoms with Gasteiger partial charge in [-0.1, -0.05) is 152 Å². The summed E-state index contributed by atoms with van der Waals surface area (Å²) in [5.74, 6) is 0. The van der Waals surface area contributed by atoms with Crippen molar-refractivity contribution in [3.8, 4) is 11.1 Å². The van der Waals surface area contributed by atoms with Crippen LogP contribution in [0.4, 0.5) is 11.4 Å². The number of hydrogen-bond donors (Lipinski definition) is 0. The standard InChI is InChI=1S/C48H33NOS/c1-4-15-32(16-5-1)35-21-14-22-36(29-35)49(37-27-28-38(33-17-6-2-7-18-33)41(30-37)34-19-8-3-9-20-34)43-31-42-39-23-11-13-26-45(39)51-48(42)46-40-24-10-12-25-44(40)50-47(43)46/h1-26,28-31,37H,27H2. The van der Waals surface area contributed by atoms with E-state index in [2.05, 4.69) is 187 Å². The first-order valence-electron chi connectivity index (χ1n) is 17.5. The Labute approximate surface area is 300 Å². The fraction of sp³-hybridized carbons (Fsp3) is 0.0417. The largest absolute Gasteiger partial charge is 0.454 e. The highest BCUT2D eigenvalue weighted by Crippen LogP contribution is 2.49. The Morgan fingerprint density at radius 1 is 0.529 bits per heavy atom. The van der Waals surface area contributed by atoms with Gasteiger partial charge in [-0.3, -0.25) is 0 Å². The Morgan fingerprint density at radius 3 is 1.92 bits per heavy atom. The number of anilines is 2. The van der Waals surface area contributed by atoms with Gasteiger partial charge in [0.2, 0.25) is 0 Å². The van der Waals surface area contributed by atoms with Crippen LogP contribution >= 0.6 is 11.3 Å². The van der Waals surface area contributed by atoms with Crippen molar-refractivity contribution >= 4 is 76.0 Å². The number of hydrogen-bond acceptors (Lipinski definition) is 3. The SMILES string of the molecule is C1=C(c2ccccc2)C(c2ccccc2)=CC(N(c2cccc(-c3ccccc3)c2)c2cc3c4ccccc4sc3c3c2oc2ccccc23)C1. The minimum absolute atomic E-state index is 0.0115. The van der Waals surface area contributed by atoms with Gasteiger partial charge in [0.1, 0.15) is 5.58 Å². The van der Waals surface area contributed by atoms with Crippen LogP contribution < -0.4 is 4.90 Å². The zero-order valence-corrected chi connectivity index (χ0v) is 28.7. The van der Waals surface area contributed by atoms with Crippen LogP contribution in [-0.4, -0.2) is 6.04 Å². The number of para-hydroxylation sites is 1. The third-order valence-electron chi connectivity index (χ3n) is 10.2. The molecule has 10 rings (SSSR count). The first-order chi connectivity index (χ1) is 25.3. The van der Waals surface area contributed by atoms with Crippen molar-refractivity contribution in [1.82, 2.24) is 0 Å². The molecule has 3 heteroatoms. The van der Waals surface area contributed by atoms with Crippen LogP contribution in [0.1, 0.15) is 17.5 Å². The third kappa shape index (κ3) is 5.09. The highest BCUT2D eigenvalue weighted by Gasteiger charge is 2.29. The molecule has 242 valence electrons. The van der Waals surface area contributed by atoms with Gasteiger partial charge in [0.05, 0.1) is 11.7 Å². The van der Waals surface area contributed by atoms with Crippen molar-refractivity contribution < 1.29 is 4.42 Å². The second-order valence-corrected chi connectivity index (χ2v) is 14.2. The van der Waals surface area contributed by atoms with Crippen molar-refractivity contribution in [3.05, 3.63) is 193 Å². The molecule has 7 aromatic carbocycles. The van der Waals surface area contributed by atoms with Crippen molar-refractivity contribution in [2.45, 2.75) is 12.5 Å². The topological polar surface area (TPSA) is 16.4 Å². The fourth-order valence-electron chi connectivity index (χ4n) is 7.84. The number of fused-ring (bicyclic) bond motifs is 7. The number of benzene rings is 7. The summed E-state index contributed by atoms with van der Waals surface area (Å²) in [4.78, 5) is 2.53. The van der Waals surface area contributed by atoms with Gasteiger partial charge in [-0.05, 0) is 70.2 Å². The molecule has 0 saturated heterocycles. The maximum absolute atomic E-state index is 6.93. The molecular formula is C48H33NOS. The predicted octanol–water partition coefficient (Wildman–Crippen LogP) is 13.7. The highest BCUT2D eigenvalue weighted by molar-refractivity contribution is 7.26. The van der Waals surface area contributed by atoms with E-state index in [4.69, 9.17) is 4.42 Å². The van der Waals surface area contributed by atoms with E-state index in [0.717, 1.165) is 34.3 Å². The zero-order chi connectivity index (χ0) is 33.7. The molecule has 1 atom stereocenters. The smallest absolute Gasteiger partial charge is 0.160 e. The van der Waals surface area contributed by atoms with Crippen molar-refractivity contribution in [2.75, 3.05) is 4.90 Å². The van der Waals surface area contributed by atoms with E-state index >= 15 is 0 Å². The number of thiophene rings is 1. The van der Waals surface area contributed by atoms with E-state index in [-0.39, 0.29) is 6.04 Å². The number of allylic oxidation sites excluding steroid dienone is 2. The van der Waals surface area contributed by atoms with Crippen LogP contribution in [0.2, 0.25) is 0 Å². The van der Waals surface area contributed by atoms with E-state index in [9.17, 15) is 0 Å². The molecule has 0 bridgehead atoms. The molecule has 2 heterocycles. The Bertz CT molecular complexity index is 2770. The van der Waals surface area contributed by atoms with Gasteiger partial charge in [0.25, 0.3) is 0 Å². The van der Waals surface area contributed by atoms with Gasteiger partial charge in [0, 0.05) is 36.6 Å². The average Bonchev–Trinajstić information content (AvgIpc) is 3.78. The second-order valence-electron chi connectivity index (χ2n) is 13.2. The molecule has 2 aromatic heterocycles. The van der Waals surface area contributed by atoms with Gasteiger partial charge >= 0.3 is 0 Å². The van der Waals surface area contributed by atoms with E-state index in [1.807, 2.05) is 11.3 Å². The lowest BCUT2D eigenvalue weighted by Gasteiger charge is -2.35. The van der Waals surface area contributed by atoms with Crippen LogP contribution in [0.3, 0.4) is 0 Å². The third-order valence-corrected chi connectivity index (χ3v) is 11.4. The number of rotatable bonds is 6. The molecular weight excluding hydrogens is 639 g/mol. The maximum Gasteiger partial charge on any atom is 0.160 e. The number of furan rings is 1. The van der Waals surface area contributed by atoms with Gasteiger partial charge in [-0.2, -0.15) is 0 Å². The van der Waals surface area contributed by atoms with Crippen LogP contribution in [-0.2, 0) is 0 Å². The van der Waals surface area contributed by atoms with Gasteiger partial charge < -0.3 is 9.32 Å². The molecule has 2 nitrogen and oxygen atoms in total. The molecule has 1 aliphatic carbocycles. The van der Waals surface area contributed by atoms with Crippen molar-refractivity contribution in [2.24, 2.45) is 0 Å². The van der Waals surface area contributed by atoms with Crippen LogP contribution in [0.25, 0.3) is 64.4 Å². The Kier molecular flexibility index (Phi) is 7.18. The lowest BCUT2D eigenvalue weighted by molar-refractivity contribution is 0.665. The van der Waals surface area contributed by atoms with E-state index in [1.54, 1.807) is 0 Å². The Morgan fingerprint density at radius 2 is 1.16 bits per heavy atom. The predicted molar refractivity (Wildman–Crippen MR) is 218 cm³/mol. The minimum atomic E-state index is 0.0115. The molecule has 0 spiro atoms. The average molecular weight is 672 g/mol. The molecule has 0 fully saturated rings. The molecule has 51 heavy (non-hydrogen) atoms. The molecule has 0 aliphatic heterocycles. The van der Waals surface area contributed by atoms with E-state index < -0.39 is 0 Å². The first-order valence-corrected chi connectivity index (χ1v) is 18.4. The lowest BCUT2D eigenvalue weighted by atomic mass is 9.85. The molecule has 0 saturated carbocycles. The molecule has 0 amide bonds. The van der Waals surface area contributed by atoms with Crippen LogP contribution in [0.15, 0.2) is 186 Å². The van der Waals surface area contributed by atoms with E-state index in [1.165, 1.54) is 59.0 Å². The van der Waals surface area contributed by atoms with Gasteiger partial charge in [-0.25, -0.2) is 0 Å². The van der Waals surface area contributed by atoms with Gasteiger partial charge in [-0.15, -0.1) is 11.3 Å². The second kappa shape index (κ2) is 12.3. The zero-order valence-electron chi connectivity index (χ0n) is 27.9. The summed E-state index contributed by atoms with van der Waals surface area (Å²) < 4.78 is 9.48. The Hall–Kier alpha value is -6.16. The Balaban J connectivity index is 1.26. The minimum Gasteiger partial charge on any atom is -0.454 e. The highest BCUT2D eigenvalue weighted by atomic mass is 32.1. The summed E-state index contributed by atoms with van der Waals surface area (Å²) in [7, 11) is 0. The fourth-order valence-corrected chi connectivity index (χ4v) is 9.08. The molecule has 0 N–H and O–H groups in total. The van der Waals surface area contributed by atoms with Crippen LogP contribution in [0.5, 0.6) is 0 Å². The number of nitrogens with zero attached hydrogens (tertiary/aromatic N) is 1. The lowest BCUT2D eigenvalue weighted by Crippen LogP contribution is -2.31.